The number of nitro groups is 1. The van der Waals surface area contributed by atoms with Crippen LogP contribution in [0.5, 0.6) is 0 Å². The third-order valence-electron chi connectivity index (χ3n) is 6.37. The summed E-state index contributed by atoms with van der Waals surface area (Å²) in [6.07, 6.45) is 5.34. The molecule has 0 saturated carbocycles. The topological polar surface area (TPSA) is 112 Å². The van der Waals surface area contributed by atoms with Crippen LogP contribution in [-0.2, 0) is 23.7 Å². The summed E-state index contributed by atoms with van der Waals surface area (Å²) in [5.74, 6) is -0.961. The third-order valence-corrected chi connectivity index (χ3v) is 7.16. The number of nitrogens with zero attached hydrogens (tertiary/aromatic N) is 4. The Kier molecular flexibility index (Phi) is 4.48. The lowest BCUT2D eigenvalue weighted by Crippen LogP contribution is -2.22. The number of rotatable bonds is 4. The highest BCUT2D eigenvalue weighted by Gasteiger charge is 2.35. The predicted molar refractivity (Wildman–Crippen MR) is 134 cm³/mol. The molecule has 1 aliphatic heterocycles. The molecule has 5 aromatic rings. The van der Waals surface area contributed by atoms with Crippen LogP contribution in [0.3, 0.4) is 0 Å². The average Bonchev–Trinajstić information content (AvgIpc) is 3.60. The van der Waals surface area contributed by atoms with Crippen LogP contribution in [0.25, 0.3) is 43.4 Å². The maximum absolute atomic E-state index is 13.1. The van der Waals surface area contributed by atoms with Crippen LogP contribution < -0.4 is 5.32 Å². The number of hydrogen-bond donors (Lipinski definition) is 1. The summed E-state index contributed by atoms with van der Waals surface area (Å²) in [7, 11) is 3.65. The van der Waals surface area contributed by atoms with Gasteiger partial charge in [-0.2, -0.15) is 0 Å². The van der Waals surface area contributed by atoms with Crippen LogP contribution in [-0.4, -0.2) is 30.2 Å². The molecule has 35 heavy (non-hydrogen) atoms. The zero-order valence-corrected chi connectivity index (χ0v) is 19.4. The van der Waals surface area contributed by atoms with E-state index in [2.05, 4.69) is 9.69 Å². The third kappa shape index (κ3) is 3.11. The molecule has 0 radical (unpaired) electrons. The van der Waals surface area contributed by atoms with Crippen molar-refractivity contribution in [3.05, 3.63) is 82.3 Å². The number of non-ortho nitro benzene ring substituents is 1. The Hall–Kier alpha value is -4.57. The highest BCUT2D eigenvalue weighted by molar-refractivity contribution is 7.09. The summed E-state index contributed by atoms with van der Waals surface area (Å²) in [5, 5.41) is 15.2. The minimum Gasteiger partial charge on any atom is -0.350 e. The number of aromatic nitrogens is 3. The first-order valence-electron chi connectivity index (χ1n) is 10.7. The molecule has 9 nitrogen and oxygen atoms in total. The normalized spacial score (nSPS) is 13.9. The second kappa shape index (κ2) is 7.47. The SMILES string of the molecule is Cn1cc(C2=C(c3cn(C)c4cc([N+](=O)[O-])ccc34)C(=O)NC2=O)c2ccc(-c3ccns3)cc21. The van der Waals surface area contributed by atoms with Crippen LogP contribution in [0, 0.1) is 10.1 Å². The molecule has 0 unspecified atom stereocenters. The van der Waals surface area contributed by atoms with E-state index in [-0.39, 0.29) is 16.8 Å². The van der Waals surface area contributed by atoms with E-state index in [1.807, 2.05) is 42.1 Å². The summed E-state index contributed by atoms with van der Waals surface area (Å²) in [6, 6.07) is 12.4. The van der Waals surface area contributed by atoms with Crippen molar-refractivity contribution < 1.29 is 14.5 Å². The van der Waals surface area contributed by atoms with E-state index < -0.39 is 16.7 Å². The number of hydrogen-bond acceptors (Lipinski definition) is 6. The second-order valence-electron chi connectivity index (χ2n) is 8.41. The van der Waals surface area contributed by atoms with E-state index in [4.69, 9.17) is 0 Å². The molecule has 6 rings (SSSR count). The average molecular weight is 484 g/mol. The van der Waals surface area contributed by atoms with Crippen LogP contribution in [0.4, 0.5) is 5.69 Å². The Morgan fingerprint density at radius 2 is 1.49 bits per heavy atom. The summed E-state index contributed by atoms with van der Waals surface area (Å²) < 4.78 is 7.83. The molecule has 0 fully saturated rings. The number of carbonyl (C=O) groups is 2. The molecular weight excluding hydrogens is 466 g/mol. The Morgan fingerprint density at radius 3 is 2.06 bits per heavy atom. The fourth-order valence-electron chi connectivity index (χ4n) is 4.76. The quantitative estimate of drug-likeness (QED) is 0.233. The lowest BCUT2D eigenvalue weighted by Gasteiger charge is -2.04. The number of nitro benzene ring substituents is 1. The van der Waals surface area contributed by atoms with Gasteiger partial charge in [-0.15, -0.1) is 0 Å². The molecule has 1 aliphatic rings. The maximum Gasteiger partial charge on any atom is 0.271 e. The van der Waals surface area contributed by atoms with E-state index >= 15 is 0 Å². The van der Waals surface area contributed by atoms with Gasteiger partial charge in [0.1, 0.15) is 0 Å². The molecular formula is C25H17N5O4S. The summed E-state index contributed by atoms with van der Waals surface area (Å²) in [4.78, 5) is 37.9. The minimum absolute atomic E-state index is 0.0443. The van der Waals surface area contributed by atoms with Crippen molar-refractivity contribution in [2.45, 2.75) is 0 Å². The van der Waals surface area contributed by atoms with E-state index in [9.17, 15) is 19.7 Å². The predicted octanol–water partition coefficient (Wildman–Crippen LogP) is 4.27. The van der Waals surface area contributed by atoms with Gasteiger partial charge in [0, 0.05) is 72.2 Å². The molecule has 2 aromatic carbocycles. The number of fused-ring (bicyclic) bond motifs is 2. The van der Waals surface area contributed by atoms with Gasteiger partial charge >= 0.3 is 0 Å². The van der Waals surface area contributed by atoms with Gasteiger partial charge in [-0.25, -0.2) is 4.37 Å². The fraction of sp³-hybridized carbons (Fsp3) is 0.0800. The van der Waals surface area contributed by atoms with Gasteiger partial charge < -0.3 is 9.13 Å². The number of aryl methyl sites for hydroxylation is 2. The monoisotopic (exact) mass is 483 g/mol. The Labute approximate surface area is 202 Å². The molecule has 0 atom stereocenters. The van der Waals surface area contributed by atoms with Crippen molar-refractivity contribution in [3.8, 4) is 10.4 Å². The number of imide groups is 1. The molecule has 2 amide bonds. The van der Waals surface area contributed by atoms with E-state index in [1.54, 1.807) is 30.1 Å². The van der Waals surface area contributed by atoms with Gasteiger partial charge in [0.25, 0.3) is 17.5 Å². The molecule has 10 heteroatoms. The van der Waals surface area contributed by atoms with Crippen LogP contribution >= 0.6 is 11.5 Å². The zero-order chi connectivity index (χ0) is 24.4. The molecule has 4 heterocycles. The molecule has 3 aromatic heterocycles. The summed E-state index contributed by atoms with van der Waals surface area (Å²) in [6.45, 7) is 0. The van der Waals surface area contributed by atoms with Gasteiger partial charge in [-0.05, 0) is 35.3 Å². The second-order valence-corrected chi connectivity index (χ2v) is 9.24. The van der Waals surface area contributed by atoms with E-state index in [0.29, 0.717) is 22.0 Å². The fourth-order valence-corrected chi connectivity index (χ4v) is 5.34. The Bertz CT molecular complexity index is 1760. The van der Waals surface area contributed by atoms with E-state index in [0.717, 1.165) is 21.3 Å². The molecule has 172 valence electrons. The molecule has 0 saturated heterocycles. The minimum atomic E-state index is -0.492. The highest BCUT2D eigenvalue weighted by Crippen LogP contribution is 2.40. The van der Waals surface area contributed by atoms with E-state index in [1.165, 1.54) is 23.7 Å². The molecule has 0 aliphatic carbocycles. The lowest BCUT2D eigenvalue weighted by atomic mass is 9.95. The van der Waals surface area contributed by atoms with Crippen LogP contribution in [0.15, 0.2) is 61.1 Å². The zero-order valence-electron chi connectivity index (χ0n) is 18.6. The van der Waals surface area contributed by atoms with Gasteiger partial charge in [0.15, 0.2) is 0 Å². The Morgan fingerprint density at radius 1 is 0.886 bits per heavy atom. The first kappa shape index (κ1) is 21.0. The lowest BCUT2D eigenvalue weighted by molar-refractivity contribution is -0.384. The smallest absolute Gasteiger partial charge is 0.271 e. The van der Waals surface area contributed by atoms with Crippen molar-refractivity contribution >= 4 is 62.0 Å². The van der Waals surface area contributed by atoms with Gasteiger partial charge in [0.05, 0.1) is 26.5 Å². The van der Waals surface area contributed by atoms with Gasteiger partial charge in [-0.1, -0.05) is 12.1 Å². The summed E-state index contributed by atoms with van der Waals surface area (Å²) >= 11 is 1.41. The first-order valence-corrected chi connectivity index (χ1v) is 11.4. The van der Waals surface area contributed by atoms with Crippen molar-refractivity contribution in [1.29, 1.82) is 0 Å². The van der Waals surface area contributed by atoms with Crippen LogP contribution in [0.2, 0.25) is 0 Å². The maximum atomic E-state index is 13.1. The largest absolute Gasteiger partial charge is 0.350 e. The van der Waals surface area contributed by atoms with Crippen molar-refractivity contribution in [2.24, 2.45) is 14.1 Å². The van der Waals surface area contributed by atoms with Gasteiger partial charge in [-0.3, -0.25) is 25.0 Å². The summed E-state index contributed by atoms with van der Waals surface area (Å²) in [5.41, 5.74) is 4.23. The van der Waals surface area contributed by atoms with Gasteiger partial charge in [0.2, 0.25) is 0 Å². The molecule has 0 spiro atoms. The van der Waals surface area contributed by atoms with Crippen LogP contribution in [0.1, 0.15) is 11.1 Å². The van der Waals surface area contributed by atoms with Crippen molar-refractivity contribution in [3.63, 3.8) is 0 Å². The first-order chi connectivity index (χ1) is 16.8. The molecule has 0 bridgehead atoms. The number of benzene rings is 2. The van der Waals surface area contributed by atoms with Crippen molar-refractivity contribution in [2.75, 3.05) is 0 Å². The number of carbonyl (C=O) groups excluding carboxylic acids is 2. The van der Waals surface area contributed by atoms with Crippen molar-refractivity contribution in [1.82, 2.24) is 18.8 Å². The standard InChI is InChI=1S/C25H17N5O4S/c1-28-11-17(15-5-3-13(9-19(15)28)21-7-8-26-35-21)22-23(25(32)27-24(22)31)18-12-29(2)20-10-14(30(33)34)4-6-16(18)20/h3-12H,1-2H3,(H,27,31,32). The highest BCUT2D eigenvalue weighted by atomic mass is 32.1. The Balaban J connectivity index is 1.60. The number of amides is 2. The molecule has 1 N–H and O–H groups in total. The number of nitrogens with one attached hydrogen (secondary N) is 1.